The number of ether oxygens (including phenoxy) is 1. The van der Waals surface area contributed by atoms with Gasteiger partial charge in [0.15, 0.2) is 0 Å². The molecule has 2 aromatic rings. The number of benzene rings is 2. The van der Waals surface area contributed by atoms with Crippen LogP contribution in [0.5, 0.6) is 11.5 Å². The number of halogens is 1. The first-order valence-electron chi connectivity index (χ1n) is 9.17. The fraction of sp³-hybridized carbons (Fsp3) is 0.227. The number of carboxylic acids is 2. The fourth-order valence-electron chi connectivity index (χ4n) is 2.20. The zero-order valence-electron chi connectivity index (χ0n) is 17.2. The Hall–Kier alpha value is -3.38. The van der Waals surface area contributed by atoms with Gasteiger partial charge in [-0.2, -0.15) is 5.26 Å². The maximum absolute atomic E-state index is 9.55. The lowest BCUT2D eigenvalue weighted by atomic mass is 10.2. The normalized spacial score (nSPS) is 10.3. The molecule has 0 fully saturated rings. The summed E-state index contributed by atoms with van der Waals surface area (Å²) in [4.78, 5) is 21.2. The second-order valence-electron chi connectivity index (χ2n) is 6.49. The summed E-state index contributed by atoms with van der Waals surface area (Å²) in [6, 6.07) is 14.9. The summed E-state index contributed by atoms with van der Waals surface area (Å²) < 4.78 is 5.82. The topological polar surface area (TPSA) is 123 Å². The highest BCUT2D eigenvalue weighted by Gasteiger charge is 2.06. The SMILES string of the molecule is CN(C)CCNCc1cccc(Oc2cc(Cl)ccc2C#N)c1.O=C(O)/C=C/C(=O)O. The average Bonchev–Trinajstić information content (AvgIpc) is 2.70. The number of aliphatic carboxylic acids is 2. The van der Waals surface area contributed by atoms with Gasteiger partial charge >= 0.3 is 11.9 Å². The number of likely N-dealkylation sites (N-methyl/N-ethyl adjacent to an activating group) is 1. The van der Waals surface area contributed by atoms with E-state index in [0.717, 1.165) is 25.2 Å². The molecular formula is C22H24ClN3O5. The van der Waals surface area contributed by atoms with Gasteiger partial charge < -0.3 is 25.2 Å². The van der Waals surface area contributed by atoms with E-state index < -0.39 is 11.9 Å². The van der Waals surface area contributed by atoms with Crippen molar-refractivity contribution in [3.8, 4) is 17.6 Å². The first-order valence-corrected chi connectivity index (χ1v) is 9.55. The van der Waals surface area contributed by atoms with Crippen LogP contribution in [0.2, 0.25) is 5.02 Å². The summed E-state index contributed by atoms with van der Waals surface area (Å²) in [7, 11) is 4.10. The van der Waals surface area contributed by atoms with Crippen LogP contribution in [0.3, 0.4) is 0 Å². The summed E-state index contributed by atoms with van der Waals surface area (Å²) in [5.41, 5.74) is 1.59. The number of carbonyl (C=O) groups is 2. The molecule has 0 amide bonds. The Morgan fingerprint density at radius 1 is 1.16 bits per heavy atom. The Labute approximate surface area is 185 Å². The molecule has 0 bridgehead atoms. The van der Waals surface area contributed by atoms with Gasteiger partial charge in [0.05, 0.1) is 5.56 Å². The van der Waals surface area contributed by atoms with E-state index in [4.69, 9.17) is 31.8 Å². The van der Waals surface area contributed by atoms with E-state index in [9.17, 15) is 9.59 Å². The number of hydrogen-bond donors (Lipinski definition) is 3. The van der Waals surface area contributed by atoms with Crippen LogP contribution in [-0.4, -0.2) is 54.2 Å². The highest BCUT2D eigenvalue weighted by molar-refractivity contribution is 6.30. The molecule has 3 N–H and O–H groups in total. The molecule has 31 heavy (non-hydrogen) atoms. The van der Waals surface area contributed by atoms with Crippen LogP contribution in [0.4, 0.5) is 0 Å². The van der Waals surface area contributed by atoms with Crippen molar-refractivity contribution >= 4 is 23.5 Å². The molecule has 2 aromatic carbocycles. The van der Waals surface area contributed by atoms with E-state index in [-0.39, 0.29) is 0 Å². The Kier molecular flexibility index (Phi) is 11.4. The lowest BCUT2D eigenvalue weighted by Gasteiger charge is -2.12. The number of nitrogens with one attached hydrogen (secondary N) is 1. The first-order chi connectivity index (χ1) is 14.7. The Bertz CT molecular complexity index is 938. The molecule has 0 aromatic heterocycles. The molecular weight excluding hydrogens is 422 g/mol. The molecule has 0 spiro atoms. The monoisotopic (exact) mass is 445 g/mol. The number of carboxylic acid groups (broad SMARTS) is 2. The van der Waals surface area contributed by atoms with Crippen LogP contribution in [0.15, 0.2) is 54.6 Å². The third-order valence-electron chi connectivity index (χ3n) is 3.62. The summed E-state index contributed by atoms with van der Waals surface area (Å²) >= 11 is 5.98. The van der Waals surface area contributed by atoms with Crippen LogP contribution < -0.4 is 10.1 Å². The van der Waals surface area contributed by atoms with Gasteiger partial charge in [0, 0.05) is 42.9 Å². The summed E-state index contributed by atoms with van der Waals surface area (Å²) in [5.74, 6) is -1.35. The lowest BCUT2D eigenvalue weighted by Crippen LogP contribution is -2.26. The van der Waals surface area contributed by atoms with Crippen LogP contribution in [0.1, 0.15) is 11.1 Å². The predicted molar refractivity (Wildman–Crippen MR) is 117 cm³/mol. The Morgan fingerprint density at radius 3 is 2.42 bits per heavy atom. The van der Waals surface area contributed by atoms with E-state index >= 15 is 0 Å². The minimum atomic E-state index is -1.26. The van der Waals surface area contributed by atoms with Gasteiger partial charge in [-0.25, -0.2) is 9.59 Å². The fourth-order valence-corrected chi connectivity index (χ4v) is 2.36. The van der Waals surface area contributed by atoms with Crippen LogP contribution >= 0.6 is 11.6 Å². The van der Waals surface area contributed by atoms with Gasteiger partial charge in [0.2, 0.25) is 0 Å². The van der Waals surface area contributed by atoms with E-state index in [1.165, 1.54) is 0 Å². The third-order valence-corrected chi connectivity index (χ3v) is 3.86. The second kappa shape index (κ2) is 13.8. The maximum Gasteiger partial charge on any atom is 0.328 e. The van der Waals surface area contributed by atoms with Crippen LogP contribution in [-0.2, 0) is 16.1 Å². The highest BCUT2D eigenvalue weighted by Crippen LogP contribution is 2.28. The largest absolute Gasteiger partial charge is 0.478 e. The zero-order valence-corrected chi connectivity index (χ0v) is 18.0. The highest BCUT2D eigenvalue weighted by atomic mass is 35.5. The third kappa shape index (κ3) is 11.4. The minimum Gasteiger partial charge on any atom is -0.478 e. The van der Waals surface area contributed by atoms with Crippen molar-refractivity contribution < 1.29 is 24.5 Å². The molecule has 0 aliphatic carbocycles. The first kappa shape index (κ1) is 25.7. The number of hydrogen-bond acceptors (Lipinski definition) is 6. The predicted octanol–water partition coefficient (Wildman–Crippen LogP) is 3.37. The van der Waals surface area contributed by atoms with Crippen molar-refractivity contribution in [3.05, 3.63) is 70.8 Å². The molecule has 0 unspecified atom stereocenters. The van der Waals surface area contributed by atoms with E-state index in [0.29, 0.717) is 34.2 Å². The molecule has 0 atom stereocenters. The molecule has 8 nitrogen and oxygen atoms in total. The number of rotatable bonds is 9. The molecule has 164 valence electrons. The standard InChI is InChI=1S/C18H20ClN3O.C4H4O4/c1-22(2)9-8-21-13-14-4-3-5-17(10-14)23-18-11-16(19)7-6-15(18)12-20;5-3(6)1-2-4(7)8/h3-7,10-11,21H,8-9,13H2,1-2H3;1-2H,(H,5,6)(H,7,8)/b;2-1+. The zero-order chi connectivity index (χ0) is 23.2. The quantitative estimate of drug-likeness (QED) is 0.396. The molecule has 2 rings (SSSR count). The maximum atomic E-state index is 9.55. The minimum absolute atomic E-state index is 0.462. The summed E-state index contributed by atoms with van der Waals surface area (Å²) in [6.07, 6.45) is 1.12. The summed E-state index contributed by atoms with van der Waals surface area (Å²) in [6.45, 7) is 2.68. The van der Waals surface area contributed by atoms with Gasteiger partial charge in [-0.1, -0.05) is 23.7 Å². The molecule has 9 heteroatoms. The Morgan fingerprint density at radius 2 is 1.84 bits per heavy atom. The van der Waals surface area contributed by atoms with Crippen molar-refractivity contribution in [2.24, 2.45) is 0 Å². The van der Waals surface area contributed by atoms with Gasteiger partial charge in [-0.15, -0.1) is 0 Å². The lowest BCUT2D eigenvalue weighted by molar-refractivity contribution is -0.134. The summed E-state index contributed by atoms with van der Waals surface area (Å²) in [5, 5.41) is 28.7. The van der Waals surface area contributed by atoms with E-state index in [1.807, 2.05) is 38.4 Å². The molecule has 0 aliphatic heterocycles. The number of nitrogens with zero attached hydrogens (tertiary/aromatic N) is 2. The molecule has 0 aliphatic rings. The Balaban J connectivity index is 0.000000512. The molecule has 0 saturated carbocycles. The smallest absolute Gasteiger partial charge is 0.328 e. The van der Waals surface area contributed by atoms with Crippen LogP contribution in [0.25, 0.3) is 0 Å². The van der Waals surface area contributed by atoms with Crippen molar-refractivity contribution in [1.82, 2.24) is 10.2 Å². The van der Waals surface area contributed by atoms with E-state index in [2.05, 4.69) is 16.3 Å². The van der Waals surface area contributed by atoms with Crippen molar-refractivity contribution in [2.75, 3.05) is 27.2 Å². The van der Waals surface area contributed by atoms with E-state index in [1.54, 1.807) is 18.2 Å². The van der Waals surface area contributed by atoms with Gasteiger partial charge in [-0.05, 0) is 43.9 Å². The second-order valence-corrected chi connectivity index (χ2v) is 6.93. The molecule has 0 saturated heterocycles. The molecule has 0 radical (unpaired) electrons. The number of nitriles is 1. The van der Waals surface area contributed by atoms with Crippen molar-refractivity contribution in [3.63, 3.8) is 0 Å². The van der Waals surface area contributed by atoms with Gasteiger partial charge in [0.25, 0.3) is 0 Å². The van der Waals surface area contributed by atoms with Crippen molar-refractivity contribution in [1.29, 1.82) is 5.26 Å². The average molecular weight is 446 g/mol. The van der Waals surface area contributed by atoms with Gasteiger partial charge in [0.1, 0.15) is 17.6 Å². The van der Waals surface area contributed by atoms with Crippen LogP contribution in [0, 0.1) is 11.3 Å². The van der Waals surface area contributed by atoms with Gasteiger partial charge in [-0.3, -0.25) is 0 Å². The molecule has 0 heterocycles. The van der Waals surface area contributed by atoms with Crippen molar-refractivity contribution in [2.45, 2.75) is 6.54 Å².